The van der Waals surface area contributed by atoms with Gasteiger partial charge in [0.25, 0.3) is 0 Å². The van der Waals surface area contributed by atoms with Crippen LogP contribution in [0.4, 0.5) is 8.78 Å². The molecule has 0 atom stereocenters. The quantitative estimate of drug-likeness (QED) is 0.661. The standard InChI is InChI=1S/C8H3F2NO3.ClH/c9-3-1-2-5(4(10)7(3)13)11-8(14)6(2)12;/h1,13H,(H,11,12,14);1H. The van der Waals surface area contributed by atoms with Crippen molar-refractivity contribution in [3.05, 3.63) is 28.3 Å². The molecule has 0 unspecified atom stereocenters. The lowest BCUT2D eigenvalue weighted by atomic mass is 10.2. The van der Waals surface area contributed by atoms with Gasteiger partial charge in [-0.3, -0.25) is 4.79 Å². The molecule has 4 nitrogen and oxygen atoms in total. The molecule has 0 radical (unpaired) electrons. The van der Waals surface area contributed by atoms with Gasteiger partial charge in [-0.05, 0) is 6.07 Å². The number of phenolic OH excluding ortho intramolecular Hbond substituents is 1. The van der Waals surface area contributed by atoms with Gasteiger partial charge in [0.1, 0.15) is 5.36 Å². The summed E-state index contributed by atoms with van der Waals surface area (Å²) in [6.45, 7) is 0. The lowest BCUT2D eigenvalue weighted by Gasteiger charge is -1.95. The molecular formula is C8H4ClF2NO3. The zero-order valence-corrected chi connectivity index (χ0v) is 7.81. The molecule has 1 aliphatic rings. The predicted octanol–water partition coefficient (Wildman–Crippen LogP) is -0.0818. The number of aromatic hydroxyl groups is 1. The number of hydrogen-bond donors (Lipinski definition) is 2. The molecule has 80 valence electrons. The minimum absolute atomic E-state index is 0. The van der Waals surface area contributed by atoms with Crippen LogP contribution < -0.4 is 10.6 Å². The van der Waals surface area contributed by atoms with E-state index in [9.17, 15) is 13.6 Å². The van der Waals surface area contributed by atoms with Gasteiger partial charge in [0.05, 0.1) is 5.22 Å². The highest BCUT2D eigenvalue weighted by molar-refractivity contribution is 6.11. The van der Waals surface area contributed by atoms with Gasteiger partial charge in [-0.15, -0.1) is 12.4 Å². The number of carbonyl (C=O) groups is 1. The molecule has 2 rings (SSSR count). The minimum atomic E-state index is -1.35. The Kier molecular flexibility index (Phi) is 2.63. The molecule has 0 bridgehead atoms. The Hall–Kier alpha value is -1.69. The van der Waals surface area contributed by atoms with E-state index in [2.05, 4.69) is 4.99 Å². The zero-order chi connectivity index (χ0) is 10.5. The summed E-state index contributed by atoms with van der Waals surface area (Å²) >= 11 is 0. The van der Waals surface area contributed by atoms with E-state index in [1.54, 1.807) is 0 Å². The van der Waals surface area contributed by atoms with Crippen LogP contribution >= 0.6 is 12.4 Å². The Bertz CT molecular complexity index is 570. The fourth-order valence-electron chi connectivity index (χ4n) is 1.16. The normalized spacial score (nSPS) is 13.2. The lowest BCUT2D eigenvalue weighted by molar-refractivity contribution is -0.114. The van der Waals surface area contributed by atoms with Crippen LogP contribution in [-0.2, 0) is 4.79 Å². The van der Waals surface area contributed by atoms with Crippen LogP contribution in [0.25, 0.3) is 5.76 Å². The number of benzene rings is 1. The first-order valence-corrected chi connectivity index (χ1v) is 3.55. The van der Waals surface area contributed by atoms with Gasteiger partial charge in [-0.25, -0.2) is 13.8 Å². The Labute approximate surface area is 87.6 Å². The highest BCUT2D eigenvalue weighted by atomic mass is 35.5. The van der Waals surface area contributed by atoms with Gasteiger partial charge >= 0.3 is 5.91 Å². The number of carbonyl (C=O) groups excluding carboxylic acids is 1. The Balaban J connectivity index is 0.00000112. The molecule has 0 aliphatic carbocycles. The van der Waals surface area contributed by atoms with E-state index < -0.39 is 34.4 Å². The number of halogens is 3. The summed E-state index contributed by atoms with van der Waals surface area (Å²) in [7, 11) is 0. The molecule has 0 aromatic heterocycles. The van der Waals surface area contributed by atoms with E-state index in [1.807, 2.05) is 0 Å². The van der Waals surface area contributed by atoms with Crippen molar-refractivity contribution in [3.63, 3.8) is 0 Å². The fraction of sp³-hybridized carbons (Fsp3) is 0. The van der Waals surface area contributed by atoms with Crippen molar-refractivity contribution < 1.29 is 23.8 Å². The molecule has 1 aromatic carbocycles. The second-order valence-electron chi connectivity index (χ2n) is 2.68. The van der Waals surface area contributed by atoms with E-state index in [0.717, 1.165) is 0 Å². The third kappa shape index (κ3) is 1.42. The number of rotatable bonds is 0. The summed E-state index contributed by atoms with van der Waals surface area (Å²) in [4.78, 5) is 13.9. The molecule has 1 aromatic rings. The topological polar surface area (TPSA) is 69.9 Å². The molecule has 2 N–H and O–H groups in total. The van der Waals surface area contributed by atoms with Crippen LogP contribution in [0.1, 0.15) is 0 Å². The molecule has 15 heavy (non-hydrogen) atoms. The zero-order valence-electron chi connectivity index (χ0n) is 6.99. The monoisotopic (exact) mass is 235 g/mol. The summed E-state index contributed by atoms with van der Waals surface area (Å²) in [5, 5.41) is 17.0. The highest BCUT2D eigenvalue weighted by Gasteiger charge is 2.21. The molecular weight excluding hydrogens is 232 g/mol. The van der Waals surface area contributed by atoms with Crippen molar-refractivity contribution in [1.82, 2.24) is 0 Å². The molecule has 0 saturated carbocycles. The molecule has 7 heteroatoms. The van der Waals surface area contributed by atoms with E-state index in [1.165, 1.54) is 0 Å². The number of phenols is 1. The number of aliphatic hydroxyl groups excluding tert-OH is 1. The van der Waals surface area contributed by atoms with Crippen molar-refractivity contribution in [2.24, 2.45) is 4.99 Å². The molecule has 0 fully saturated rings. The fourth-order valence-corrected chi connectivity index (χ4v) is 1.16. The van der Waals surface area contributed by atoms with Gasteiger partial charge < -0.3 is 10.2 Å². The van der Waals surface area contributed by atoms with E-state index in [4.69, 9.17) is 10.2 Å². The van der Waals surface area contributed by atoms with Gasteiger partial charge in [0, 0.05) is 0 Å². The van der Waals surface area contributed by atoms with E-state index >= 15 is 0 Å². The van der Waals surface area contributed by atoms with Crippen molar-refractivity contribution >= 4 is 24.1 Å². The maximum atomic E-state index is 13.0. The lowest BCUT2D eigenvalue weighted by Crippen LogP contribution is -2.27. The summed E-state index contributed by atoms with van der Waals surface area (Å²) in [6.07, 6.45) is 0. The maximum absolute atomic E-state index is 13.0. The third-order valence-electron chi connectivity index (χ3n) is 1.84. The first-order chi connectivity index (χ1) is 6.52. The van der Waals surface area contributed by atoms with E-state index in [0.29, 0.717) is 6.07 Å². The molecule has 1 heterocycles. The molecule has 1 amide bonds. The van der Waals surface area contributed by atoms with Crippen molar-refractivity contribution in [2.45, 2.75) is 0 Å². The average Bonchev–Trinajstić information content (AvgIpc) is 2.42. The summed E-state index contributed by atoms with van der Waals surface area (Å²) < 4.78 is 25.8. The minimum Gasteiger partial charge on any atom is -0.503 e. The number of aliphatic hydroxyl groups is 1. The van der Waals surface area contributed by atoms with Crippen molar-refractivity contribution in [2.75, 3.05) is 0 Å². The summed E-state index contributed by atoms with van der Waals surface area (Å²) in [5.41, 5.74) is 0. The number of amides is 1. The summed E-state index contributed by atoms with van der Waals surface area (Å²) in [5.74, 6) is -5.69. The third-order valence-corrected chi connectivity index (χ3v) is 1.84. The highest BCUT2D eigenvalue weighted by Crippen LogP contribution is 2.14. The first kappa shape index (κ1) is 11.4. The van der Waals surface area contributed by atoms with Gasteiger partial charge in [-0.2, -0.15) is 0 Å². The second-order valence-corrected chi connectivity index (χ2v) is 2.68. The Morgan fingerprint density at radius 2 is 1.87 bits per heavy atom. The predicted molar refractivity (Wildman–Crippen MR) is 47.1 cm³/mol. The second kappa shape index (κ2) is 3.47. The van der Waals surface area contributed by atoms with Crippen LogP contribution in [0.15, 0.2) is 11.1 Å². The molecule has 1 aliphatic heterocycles. The van der Waals surface area contributed by atoms with Crippen LogP contribution in [0.2, 0.25) is 0 Å². The van der Waals surface area contributed by atoms with Crippen molar-refractivity contribution in [3.8, 4) is 5.75 Å². The summed E-state index contributed by atoms with van der Waals surface area (Å²) in [6, 6.07) is 0.650. The van der Waals surface area contributed by atoms with E-state index in [-0.39, 0.29) is 17.6 Å². The average molecular weight is 236 g/mol. The maximum Gasteiger partial charge on any atom is 0.313 e. The van der Waals surface area contributed by atoms with Crippen LogP contribution in [0, 0.1) is 11.6 Å². The number of hydrogen-bond acceptors (Lipinski definition) is 3. The molecule has 0 saturated heterocycles. The Morgan fingerprint density at radius 3 is 2.47 bits per heavy atom. The van der Waals surface area contributed by atoms with Gasteiger partial charge in [0.15, 0.2) is 23.1 Å². The number of nitrogens with zero attached hydrogens (tertiary/aromatic N) is 1. The number of fused-ring (bicyclic) bond motifs is 1. The Morgan fingerprint density at radius 1 is 1.27 bits per heavy atom. The molecule has 0 spiro atoms. The van der Waals surface area contributed by atoms with Crippen LogP contribution in [0.5, 0.6) is 5.75 Å². The van der Waals surface area contributed by atoms with Gasteiger partial charge in [0.2, 0.25) is 0 Å². The van der Waals surface area contributed by atoms with Crippen LogP contribution in [-0.4, -0.2) is 16.1 Å². The van der Waals surface area contributed by atoms with Crippen molar-refractivity contribution in [1.29, 1.82) is 0 Å². The SMILES string of the molecule is Cl.O=C1N=c2c(F)c(O)c(F)cc2=C1O. The van der Waals surface area contributed by atoms with Gasteiger partial charge in [-0.1, -0.05) is 0 Å². The van der Waals surface area contributed by atoms with Crippen LogP contribution in [0.3, 0.4) is 0 Å². The smallest absolute Gasteiger partial charge is 0.313 e. The first-order valence-electron chi connectivity index (χ1n) is 3.55. The largest absolute Gasteiger partial charge is 0.503 e.